The highest BCUT2D eigenvalue weighted by molar-refractivity contribution is 6.04. The van der Waals surface area contributed by atoms with Crippen LogP contribution < -0.4 is 14.8 Å². The predicted molar refractivity (Wildman–Crippen MR) is 116 cm³/mol. The van der Waals surface area contributed by atoms with Crippen molar-refractivity contribution in [3.63, 3.8) is 0 Å². The molecule has 2 aromatic carbocycles. The van der Waals surface area contributed by atoms with E-state index in [1.165, 1.54) is 5.01 Å². The highest BCUT2D eigenvalue weighted by Crippen LogP contribution is 2.29. The number of para-hydroxylation sites is 1. The number of nitrogens with one attached hydrogen (secondary N) is 2. The van der Waals surface area contributed by atoms with Gasteiger partial charge >= 0.3 is 6.09 Å². The molecule has 10 nitrogen and oxygen atoms in total. The third kappa shape index (κ3) is 4.38. The highest BCUT2D eigenvalue weighted by atomic mass is 16.6. The summed E-state index contributed by atoms with van der Waals surface area (Å²) in [5.74, 6) is 0.764. The van der Waals surface area contributed by atoms with E-state index in [4.69, 9.17) is 14.2 Å². The Labute approximate surface area is 183 Å². The first-order chi connectivity index (χ1) is 15.6. The third-order valence-electron chi connectivity index (χ3n) is 4.82. The van der Waals surface area contributed by atoms with Crippen LogP contribution in [0, 0.1) is 0 Å². The van der Waals surface area contributed by atoms with Crippen molar-refractivity contribution in [2.24, 2.45) is 5.10 Å². The molecule has 2 N–H and O–H groups in total. The number of aromatic amines is 1. The lowest BCUT2D eigenvalue weighted by molar-refractivity contribution is 0.102. The number of cyclic esters (lactones) is 1. The summed E-state index contributed by atoms with van der Waals surface area (Å²) in [5.41, 5.74) is 2.78. The largest absolute Gasteiger partial charge is 0.493 e. The molecule has 4 rings (SSSR count). The van der Waals surface area contributed by atoms with Crippen molar-refractivity contribution in [1.29, 1.82) is 0 Å². The first kappa shape index (κ1) is 20.9. The summed E-state index contributed by atoms with van der Waals surface area (Å²) in [7, 11) is 3.10. The Kier molecular flexibility index (Phi) is 6.02. The van der Waals surface area contributed by atoms with E-state index in [1.54, 1.807) is 56.8 Å². The number of aromatic nitrogens is 2. The van der Waals surface area contributed by atoms with Crippen LogP contribution in [0.4, 0.5) is 10.5 Å². The second kappa shape index (κ2) is 9.21. The van der Waals surface area contributed by atoms with Gasteiger partial charge in [0.05, 0.1) is 20.8 Å². The lowest BCUT2D eigenvalue weighted by Crippen LogP contribution is -2.35. The van der Waals surface area contributed by atoms with E-state index < -0.39 is 6.09 Å². The fraction of sp³-hybridized carbons (Fsp3) is 0.182. The molecule has 2 amide bonds. The van der Waals surface area contributed by atoms with E-state index in [0.29, 0.717) is 28.5 Å². The van der Waals surface area contributed by atoms with E-state index >= 15 is 0 Å². The van der Waals surface area contributed by atoms with Crippen molar-refractivity contribution in [1.82, 2.24) is 15.2 Å². The molecule has 0 saturated heterocycles. The second-order valence-electron chi connectivity index (χ2n) is 6.80. The van der Waals surface area contributed by atoms with E-state index in [9.17, 15) is 9.59 Å². The smallest absolute Gasteiger partial charge is 0.431 e. The van der Waals surface area contributed by atoms with Gasteiger partial charge in [-0.1, -0.05) is 18.2 Å². The van der Waals surface area contributed by atoms with E-state index in [2.05, 4.69) is 20.6 Å². The monoisotopic (exact) mass is 435 g/mol. The molecule has 164 valence electrons. The number of rotatable bonds is 7. The van der Waals surface area contributed by atoms with Crippen molar-refractivity contribution < 1.29 is 23.8 Å². The fourth-order valence-corrected chi connectivity index (χ4v) is 3.19. The molecule has 0 unspecified atom stereocenters. The minimum Gasteiger partial charge on any atom is -0.493 e. The van der Waals surface area contributed by atoms with Gasteiger partial charge in [-0.3, -0.25) is 9.89 Å². The van der Waals surface area contributed by atoms with E-state index in [0.717, 1.165) is 5.56 Å². The van der Waals surface area contributed by atoms with Crippen molar-refractivity contribution in [3.8, 4) is 11.5 Å². The molecule has 0 bridgehead atoms. The molecule has 3 aromatic rings. The molecule has 32 heavy (non-hydrogen) atoms. The Bertz CT molecular complexity index is 1160. The van der Waals surface area contributed by atoms with Crippen LogP contribution in [0.25, 0.3) is 0 Å². The quantitative estimate of drug-likeness (QED) is 0.589. The van der Waals surface area contributed by atoms with Gasteiger partial charge in [-0.2, -0.15) is 15.2 Å². The number of benzene rings is 2. The third-order valence-corrected chi connectivity index (χ3v) is 4.82. The van der Waals surface area contributed by atoms with Crippen LogP contribution in [0.2, 0.25) is 0 Å². The maximum atomic E-state index is 12.4. The number of anilines is 1. The van der Waals surface area contributed by atoms with Gasteiger partial charge in [0.15, 0.2) is 11.5 Å². The zero-order valence-electron chi connectivity index (χ0n) is 17.5. The average Bonchev–Trinajstić information content (AvgIpc) is 3.36. The maximum absolute atomic E-state index is 12.4. The second-order valence-corrected chi connectivity index (χ2v) is 6.80. The fourth-order valence-electron chi connectivity index (χ4n) is 3.19. The van der Waals surface area contributed by atoms with Crippen LogP contribution in [0.3, 0.4) is 0 Å². The first-order valence-corrected chi connectivity index (χ1v) is 9.72. The number of H-pyrrole nitrogens is 1. The molecule has 0 saturated carbocycles. The topological polar surface area (TPSA) is 118 Å². The Morgan fingerprint density at radius 3 is 2.72 bits per heavy atom. The van der Waals surface area contributed by atoms with Gasteiger partial charge in [0.25, 0.3) is 5.91 Å². The highest BCUT2D eigenvalue weighted by Gasteiger charge is 2.25. The molecule has 10 heteroatoms. The number of carbonyl (C=O) groups is 2. The maximum Gasteiger partial charge on any atom is 0.431 e. The molecule has 0 aliphatic carbocycles. The first-order valence-electron chi connectivity index (χ1n) is 9.72. The molecule has 0 radical (unpaired) electrons. The van der Waals surface area contributed by atoms with Gasteiger partial charge in [-0.25, -0.2) is 4.79 Å². The number of hydrazone groups is 1. The number of ether oxygens (including phenoxy) is 3. The molecule has 1 aromatic heterocycles. The van der Waals surface area contributed by atoms with Crippen molar-refractivity contribution in [3.05, 3.63) is 71.5 Å². The van der Waals surface area contributed by atoms with Gasteiger partial charge in [0, 0.05) is 17.4 Å². The Morgan fingerprint density at radius 1 is 1.16 bits per heavy atom. The number of hydrogen-bond acceptors (Lipinski definition) is 7. The van der Waals surface area contributed by atoms with Crippen molar-refractivity contribution in [2.45, 2.75) is 6.54 Å². The van der Waals surface area contributed by atoms with Crippen LogP contribution in [0.5, 0.6) is 11.5 Å². The number of amides is 2. The van der Waals surface area contributed by atoms with Crippen molar-refractivity contribution >= 4 is 23.4 Å². The summed E-state index contributed by atoms with van der Waals surface area (Å²) < 4.78 is 15.9. The number of hydrogen-bond donors (Lipinski definition) is 2. The minimum absolute atomic E-state index is 0.0301. The van der Waals surface area contributed by atoms with Crippen LogP contribution in [0.15, 0.2) is 59.8 Å². The summed E-state index contributed by atoms with van der Waals surface area (Å²) in [6, 6.07) is 14.1. The summed E-state index contributed by atoms with van der Waals surface area (Å²) in [4.78, 5) is 24.8. The summed E-state index contributed by atoms with van der Waals surface area (Å²) >= 11 is 0. The predicted octanol–water partition coefficient (Wildman–Crippen LogP) is 3.04. The van der Waals surface area contributed by atoms with Gasteiger partial charge in [-0.05, 0) is 35.9 Å². The van der Waals surface area contributed by atoms with E-state index in [1.807, 2.05) is 12.1 Å². The standard InChI is InChI=1S/C22H21N5O5/c1-30-19-8-7-14(11-20(19)31-2)18-13-32-22(29)27(26-18)12-15-5-3-4-6-16(15)24-21(28)17-9-10-23-25-17/h3-11H,12-13H2,1-2H3,(H,23,25)(H,24,28). The van der Waals surface area contributed by atoms with Gasteiger partial charge in [0.2, 0.25) is 0 Å². The summed E-state index contributed by atoms with van der Waals surface area (Å²) in [6.07, 6.45) is 0.984. The summed E-state index contributed by atoms with van der Waals surface area (Å²) in [5, 5.41) is 15.0. The van der Waals surface area contributed by atoms with Gasteiger partial charge in [0.1, 0.15) is 18.0 Å². The molecule has 1 aliphatic rings. The molecule has 0 fully saturated rings. The zero-order chi connectivity index (χ0) is 22.5. The van der Waals surface area contributed by atoms with Gasteiger partial charge in [-0.15, -0.1) is 0 Å². The Balaban J connectivity index is 1.58. The number of carbonyl (C=O) groups excluding carboxylic acids is 2. The molecule has 2 heterocycles. The van der Waals surface area contributed by atoms with Gasteiger partial charge < -0.3 is 19.5 Å². The SMILES string of the molecule is COc1ccc(C2=NN(Cc3ccccc3NC(=O)c3cc[nH]n3)C(=O)OC2)cc1OC. The minimum atomic E-state index is -0.581. The van der Waals surface area contributed by atoms with Crippen LogP contribution >= 0.6 is 0 Å². The zero-order valence-corrected chi connectivity index (χ0v) is 17.5. The average molecular weight is 435 g/mol. The summed E-state index contributed by atoms with van der Waals surface area (Å²) in [6.45, 7) is 0.134. The molecular formula is C22H21N5O5. The van der Waals surface area contributed by atoms with Crippen molar-refractivity contribution in [2.75, 3.05) is 26.1 Å². The van der Waals surface area contributed by atoms with Crippen LogP contribution in [-0.4, -0.2) is 53.7 Å². The molecule has 1 aliphatic heterocycles. The number of methoxy groups -OCH3 is 2. The van der Waals surface area contributed by atoms with E-state index in [-0.39, 0.29) is 24.8 Å². The lowest BCUT2D eigenvalue weighted by Gasteiger charge is -2.24. The lowest BCUT2D eigenvalue weighted by atomic mass is 10.1. The van der Waals surface area contributed by atoms with Crippen LogP contribution in [0.1, 0.15) is 21.6 Å². The Hall–Kier alpha value is -4.34. The Morgan fingerprint density at radius 2 is 1.97 bits per heavy atom. The number of nitrogens with zero attached hydrogens (tertiary/aromatic N) is 3. The van der Waals surface area contributed by atoms with Crippen LogP contribution in [-0.2, 0) is 11.3 Å². The molecule has 0 spiro atoms. The normalized spacial score (nSPS) is 13.2. The molecule has 0 atom stereocenters. The molecular weight excluding hydrogens is 414 g/mol.